The summed E-state index contributed by atoms with van der Waals surface area (Å²) in [6, 6.07) is 41.3. The second-order valence-electron chi connectivity index (χ2n) is 14.5. The molecule has 10 heteroatoms. The third kappa shape index (κ3) is 6.26. The first kappa shape index (κ1) is 37.5. The van der Waals surface area contributed by atoms with Crippen molar-refractivity contribution in [2.24, 2.45) is 0 Å². The van der Waals surface area contributed by atoms with Crippen molar-refractivity contribution < 1.29 is 37.6 Å². The Hall–Kier alpha value is -5.42. The van der Waals surface area contributed by atoms with Gasteiger partial charge in [-0.3, -0.25) is 0 Å². The highest BCUT2D eigenvalue weighted by atomic mass is 31.2. The first-order valence-electron chi connectivity index (χ1n) is 18.8. The Bertz CT molecular complexity index is 2420. The van der Waals surface area contributed by atoms with Crippen LogP contribution in [0.5, 0.6) is 34.5 Å². The SMILES string of the molecule is CCOc1cc(P(=O)(c2ccccc2)c2ccccc2)c(-c2cc(P(=O)(c3ccccc3)c3ccccc3)c(OCC)c3c2OC(C)(C)O3)c2c1OC(C)(C)O2. The van der Waals surface area contributed by atoms with Crippen LogP contribution in [0, 0.1) is 0 Å². The maximum Gasteiger partial charge on any atom is 0.246 e. The second-order valence-corrected chi connectivity index (χ2v) is 20.0. The maximum atomic E-state index is 16.5. The standard InChI is InChI=1S/C46H44O8P2/c1-7-49-36-30-37(55(47,31-21-13-9-14-22-31)32-23-15-10-16-24-32)39(43-41(36)52-46(5,6)53-43)35-29-38(42(50-8-2)44-40(35)51-45(3,4)54-44)56(48,33-25-17-11-18-26-33)34-27-19-12-20-28-34/h9-30H,7-8H2,1-6H3. The predicted molar refractivity (Wildman–Crippen MR) is 224 cm³/mol. The summed E-state index contributed by atoms with van der Waals surface area (Å²) in [7, 11) is -7.50. The van der Waals surface area contributed by atoms with Gasteiger partial charge in [0.1, 0.15) is 0 Å². The van der Waals surface area contributed by atoms with Crippen LogP contribution in [0.4, 0.5) is 0 Å². The van der Waals surface area contributed by atoms with Gasteiger partial charge in [0, 0.05) is 65.3 Å². The number of hydrogen-bond acceptors (Lipinski definition) is 8. The lowest BCUT2D eigenvalue weighted by Crippen LogP contribution is -2.30. The normalized spacial score (nSPS) is 15.0. The molecule has 0 spiro atoms. The van der Waals surface area contributed by atoms with E-state index in [1.165, 1.54) is 0 Å². The van der Waals surface area contributed by atoms with E-state index < -0.39 is 25.9 Å². The van der Waals surface area contributed by atoms with E-state index in [2.05, 4.69) is 0 Å². The molecule has 6 aromatic rings. The Kier molecular flexibility index (Phi) is 9.55. The molecular weight excluding hydrogens is 742 g/mol. The lowest BCUT2D eigenvalue weighted by atomic mass is 10.0. The highest BCUT2D eigenvalue weighted by Crippen LogP contribution is 2.62. The first-order valence-corrected chi connectivity index (χ1v) is 22.2. The van der Waals surface area contributed by atoms with Gasteiger partial charge in [-0.05, 0) is 26.0 Å². The van der Waals surface area contributed by atoms with Crippen LogP contribution in [0.1, 0.15) is 41.5 Å². The minimum absolute atomic E-state index is 0.262. The Morgan fingerprint density at radius 2 is 0.875 bits per heavy atom. The lowest BCUT2D eigenvalue weighted by Gasteiger charge is -2.27. The Morgan fingerprint density at radius 1 is 0.482 bits per heavy atom. The summed E-state index contributed by atoms with van der Waals surface area (Å²) in [4.78, 5) is 0. The van der Waals surface area contributed by atoms with E-state index in [9.17, 15) is 0 Å². The summed E-state index contributed by atoms with van der Waals surface area (Å²) < 4.78 is 72.2. The number of fused-ring (bicyclic) bond motifs is 2. The van der Waals surface area contributed by atoms with Gasteiger partial charge >= 0.3 is 0 Å². The highest BCUT2D eigenvalue weighted by Gasteiger charge is 2.47. The predicted octanol–water partition coefficient (Wildman–Crippen LogP) is 8.44. The molecule has 0 atom stereocenters. The zero-order chi connectivity index (χ0) is 39.3. The molecule has 0 radical (unpaired) electrons. The lowest BCUT2D eigenvalue weighted by molar-refractivity contribution is -0.0450. The number of ether oxygens (including phenoxy) is 6. The summed E-state index contributed by atoms with van der Waals surface area (Å²) >= 11 is 0. The van der Waals surface area contributed by atoms with Gasteiger partial charge in [0.15, 0.2) is 37.3 Å². The largest absolute Gasteiger partial charge is 0.490 e. The molecule has 0 bridgehead atoms. The monoisotopic (exact) mass is 786 g/mol. The van der Waals surface area contributed by atoms with Gasteiger partial charge in [-0.1, -0.05) is 121 Å². The summed E-state index contributed by atoms with van der Waals surface area (Å²) in [5.41, 5.74) is 0.901. The van der Waals surface area contributed by atoms with E-state index in [1.807, 2.05) is 169 Å². The van der Waals surface area contributed by atoms with E-state index in [4.69, 9.17) is 28.4 Å². The number of rotatable bonds is 11. The molecule has 8 rings (SSSR count). The van der Waals surface area contributed by atoms with E-state index in [0.717, 1.165) is 0 Å². The van der Waals surface area contributed by atoms with Crippen LogP contribution in [0.15, 0.2) is 133 Å². The Labute approximate surface area is 328 Å². The maximum absolute atomic E-state index is 16.5. The van der Waals surface area contributed by atoms with Gasteiger partial charge in [0.05, 0.1) is 18.5 Å². The van der Waals surface area contributed by atoms with Gasteiger partial charge < -0.3 is 37.6 Å². The molecule has 0 aliphatic carbocycles. The van der Waals surface area contributed by atoms with Crippen molar-refractivity contribution in [3.8, 4) is 45.6 Å². The van der Waals surface area contributed by atoms with Crippen molar-refractivity contribution in [2.45, 2.75) is 53.1 Å². The molecule has 0 saturated heterocycles. The minimum Gasteiger partial charge on any atom is -0.490 e. The fourth-order valence-corrected chi connectivity index (χ4v) is 13.2. The van der Waals surface area contributed by atoms with Crippen molar-refractivity contribution in [3.63, 3.8) is 0 Å². The molecule has 0 N–H and O–H groups in total. The quantitative estimate of drug-likeness (QED) is 0.121. The average molecular weight is 787 g/mol. The van der Waals surface area contributed by atoms with Crippen LogP contribution in [-0.2, 0) is 9.13 Å². The molecule has 2 heterocycles. The topological polar surface area (TPSA) is 89.5 Å². The van der Waals surface area contributed by atoms with Crippen LogP contribution >= 0.6 is 14.3 Å². The third-order valence-electron chi connectivity index (χ3n) is 9.76. The van der Waals surface area contributed by atoms with Crippen LogP contribution in [0.3, 0.4) is 0 Å². The third-order valence-corrected chi connectivity index (χ3v) is 15.9. The fraction of sp³-hybridized carbons (Fsp3) is 0.217. The van der Waals surface area contributed by atoms with Gasteiger partial charge in [0.25, 0.3) is 0 Å². The number of benzene rings is 6. The van der Waals surface area contributed by atoms with Crippen LogP contribution in [0.25, 0.3) is 11.1 Å². The van der Waals surface area contributed by atoms with Crippen molar-refractivity contribution >= 4 is 46.1 Å². The van der Waals surface area contributed by atoms with Crippen LogP contribution in [0.2, 0.25) is 0 Å². The molecule has 2 aliphatic heterocycles. The molecule has 0 saturated carbocycles. The van der Waals surface area contributed by atoms with Crippen LogP contribution in [-0.4, -0.2) is 24.8 Å². The van der Waals surface area contributed by atoms with E-state index in [1.54, 1.807) is 6.07 Å². The zero-order valence-corrected chi connectivity index (χ0v) is 34.1. The number of hydrogen-bond donors (Lipinski definition) is 0. The summed E-state index contributed by atoms with van der Waals surface area (Å²) in [5.74, 6) is -0.271. The molecule has 0 amide bonds. The first-order chi connectivity index (χ1) is 26.9. The van der Waals surface area contributed by atoms with Gasteiger partial charge in [-0.15, -0.1) is 0 Å². The van der Waals surface area contributed by atoms with Crippen LogP contribution < -0.4 is 60.2 Å². The summed E-state index contributed by atoms with van der Waals surface area (Å²) in [6.45, 7) is 11.6. The van der Waals surface area contributed by atoms with Gasteiger partial charge in [-0.25, -0.2) is 0 Å². The zero-order valence-electron chi connectivity index (χ0n) is 32.3. The smallest absolute Gasteiger partial charge is 0.246 e. The Morgan fingerprint density at radius 3 is 1.32 bits per heavy atom. The van der Waals surface area contributed by atoms with Gasteiger partial charge in [-0.2, -0.15) is 0 Å². The molecule has 2 aliphatic rings. The molecule has 286 valence electrons. The minimum atomic E-state index is -3.77. The molecule has 0 fully saturated rings. The van der Waals surface area contributed by atoms with Crippen molar-refractivity contribution in [1.29, 1.82) is 0 Å². The summed E-state index contributed by atoms with van der Waals surface area (Å²) in [6.07, 6.45) is 0. The van der Waals surface area contributed by atoms with Crippen molar-refractivity contribution in [2.75, 3.05) is 13.2 Å². The Balaban J connectivity index is 1.57. The van der Waals surface area contributed by atoms with E-state index >= 15 is 9.13 Å². The van der Waals surface area contributed by atoms with Crippen molar-refractivity contribution in [1.82, 2.24) is 0 Å². The average Bonchev–Trinajstić information content (AvgIpc) is 3.73. The highest BCUT2D eigenvalue weighted by molar-refractivity contribution is 7.86. The molecule has 0 unspecified atom stereocenters. The molecule has 8 nitrogen and oxygen atoms in total. The fourth-order valence-electron chi connectivity index (χ4n) is 7.51. The van der Waals surface area contributed by atoms with E-state index in [0.29, 0.717) is 78.3 Å². The van der Waals surface area contributed by atoms with E-state index in [-0.39, 0.29) is 12.4 Å². The molecule has 0 aromatic heterocycles. The molecular formula is C46H44O8P2. The molecule has 6 aromatic carbocycles. The van der Waals surface area contributed by atoms with Gasteiger partial charge in [0.2, 0.25) is 23.1 Å². The molecule has 56 heavy (non-hydrogen) atoms. The summed E-state index contributed by atoms with van der Waals surface area (Å²) in [5, 5.41) is 3.24. The second kappa shape index (κ2) is 14.3. The van der Waals surface area contributed by atoms with Crippen molar-refractivity contribution in [3.05, 3.63) is 133 Å².